The van der Waals surface area contributed by atoms with Gasteiger partial charge in [-0.3, -0.25) is 4.79 Å². The smallest absolute Gasteiger partial charge is 0.318 e. The summed E-state index contributed by atoms with van der Waals surface area (Å²) in [5.74, 6) is 0.113. The van der Waals surface area contributed by atoms with Crippen LogP contribution < -0.4 is 5.32 Å². The number of hydrogen-bond acceptors (Lipinski definition) is 2. The summed E-state index contributed by atoms with van der Waals surface area (Å²) in [6.45, 7) is 4.72. The number of rotatable bonds is 4. The fourth-order valence-corrected chi connectivity index (χ4v) is 2.15. The first-order valence-corrected chi connectivity index (χ1v) is 6.17. The molecule has 1 aromatic carbocycles. The lowest BCUT2D eigenvalue weighted by atomic mass is 10.1. The first kappa shape index (κ1) is 12.6. The van der Waals surface area contributed by atoms with Crippen molar-refractivity contribution in [3.05, 3.63) is 35.4 Å². The Kier molecular flexibility index (Phi) is 3.65. The van der Waals surface area contributed by atoms with E-state index < -0.39 is 0 Å². The van der Waals surface area contributed by atoms with Crippen molar-refractivity contribution in [1.82, 2.24) is 10.2 Å². The number of amides is 2. The molecule has 0 aromatic heterocycles. The summed E-state index contributed by atoms with van der Waals surface area (Å²) in [5, 5.41) is 2.95. The summed E-state index contributed by atoms with van der Waals surface area (Å²) in [4.78, 5) is 24.4. The van der Waals surface area contributed by atoms with E-state index >= 15 is 0 Å². The quantitative estimate of drug-likeness (QED) is 0.883. The maximum atomic E-state index is 11.8. The second kappa shape index (κ2) is 5.21. The van der Waals surface area contributed by atoms with Crippen LogP contribution in [-0.2, 0) is 4.79 Å². The van der Waals surface area contributed by atoms with Crippen LogP contribution in [0.25, 0.3) is 0 Å². The van der Waals surface area contributed by atoms with Crippen LogP contribution in [-0.4, -0.2) is 29.8 Å². The third-order valence-corrected chi connectivity index (χ3v) is 3.17. The summed E-state index contributed by atoms with van der Waals surface area (Å²) in [7, 11) is 0. The molecule has 1 aliphatic heterocycles. The van der Waals surface area contributed by atoms with Crippen molar-refractivity contribution in [2.75, 3.05) is 13.1 Å². The van der Waals surface area contributed by atoms with Crippen LogP contribution >= 0.6 is 0 Å². The third kappa shape index (κ3) is 2.88. The number of nitrogens with zero attached hydrogens (tertiary/aromatic N) is 1. The molecule has 2 amide bonds. The maximum Gasteiger partial charge on any atom is 0.318 e. The molecule has 1 aliphatic rings. The second-order valence-electron chi connectivity index (χ2n) is 4.81. The molecule has 1 N–H and O–H groups in total. The molecule has 1 heterocycles. The van der Waals surface area contributed by atoms with E-state index in [4.69, 9.17) is 0 Å². The molecule has 0 saturated carbocycles. The topological polar surface area (TPSA) is 49.4 Å². The van der Waals surface area contributed by atoms with E-state index in [1.807, 2.05) is 25.1 Å². The van der Waals surface area contributed by atoms with Gasteiger partial charge < -0.3 is 10.2 Å². The van der Waals surface area contributed by atoms with E-state index in [1.165, 1.54) is 5.56 Å². The van der Waals surface area contributed by atoms with Gasteiger partial charge in [0, 0.05) is 19.5 Å². The molecular formula is C14H18N2O2. The molecule has 0 spiro atoms. The minimum absolute atomic E-state index is 0.0318. The molecule has 1 fully saturated rings. The van der Waals surface area contributed by atoms with Gasteiger partial charge in [0.2, 0.25) is 0 Å². The average molecular weight is 246 g/mol. The standard InChI is InChI=1S/C14H18N2O2/c1-10-4-3-5-12(8-10)13-9-16(14(18)15-13)7-6-11(2)17/h3-5,8,13H,6-7,9H2,1-2H3,(H,15,18). The van der Waals surface area contributed by atoms with Gasteiger partial charge in [-0.1, -0.05) is 29.8 Å². The largest absolute Gasteiger partial charge is 0.329 e. The Morgan fingerprint density at radius 3 is 2.94 bits per heavy atom. The van der Waals surface area contributed by atoms with Gasteiger partial charge in [0.25, 0.3) is 0 Å². The SMILES string of the molecule is CC(=O)CCN1CC(c2cccc(C)c2)NC1=O. The Morgan fingerprint density at radius 1 is 1.50 bits per heavy atom. The summed E-state index contributed by atoms with van der Waals surface area (Å²) < 4.78 is 0. The monoisotopic (exact) mass is 246 g/mol. The molecule has 1 atom stereocenters. The van der Waals surface area contributed by atoms with Crippen molar-refractivity contribution in [2.45, 2.75) is 26.3 Å². The number of hydrogen-bond donors (Lipinski definition) is 1. The van der Waals surface area contributed by atoms with Gasteiger partial charge in [-0.05, 0) is 19.4 Å². The number of ketones is 1. The fraction of sp³-hybridized carbons (Fsp3) is 0.429. The molecule has 1 saturated heterocycles. The van der Waals surface area contributed by atoms with Gasteiger partial charge in [-0.25, -0.2) is 4.79 Å². The zero-order valence-corrected chi connectivity index (χ0v) is 10.8. The molecule has 0 aliphatic carbocycles. The van der Waals surface area contributed by atoms with Gasteiger partial charge in [0.1, 0.15) is 5.78 Å². The van der Waals surface area contributed by atoms with Crippen LogP contribution in [0.5, 0.6) is 0 Å². The summed E-state index contributed by atoms with van der Waals surface area (Å²) in [5.41, 5.74) is 2.30. The van der Waals surface area contributed by atoms with Crippen LogP contribution in [0.4, 0.5) is 4.79 Å². The molecule has 1 unspecified atom stereocenters. The zero-order valence-electron chi connectivity index (χ0n) is 10.8. The van der Waals surface area contributed by atoms with Crippen molar-refractivity contribution in [1.29, 1.82) is 0 Å². The Bertz CT molecular complexity index is 471. The molecular weight excluding hydrogens is 228 g/mol. The molecule has 4 nitrogen and oxygen atoms in total. The number of urea groups is 1. The van der Waals surface area contributed by atoms with Gasteiger partial charge in [0.05, 0.1) is 6.04 Å². The van der Waals surface area contributed by atoms with Crippen LogP contribution in [0.2, 0.25) is 0 Å². The predicted molar refractivity (Wildman–Crippen MR) is 69.3 cm³/mol. The average Bonchev–Trinajstić information content (AvgIpc) is 2.68. The third-order valence-electron chi connectivity index (χ3n) is 3.17. The molecule has 18 heavy (non-hydrogen) atoms. The molecule has 4 heteroatoms. The van der Waals surface area contributed by atoms with Crippen molar-refractivity contribution < 1.29 is 9.59 Å². The number of Topliss-reactive ketones (excluding diaryl/α,β-unsaturated/α-hetero) is 1. The van der Waals surface area contributed by atoms with Crippen molar-refractivity contribution >= 4 is 11.8 Å². The van der Waals surface area contributed by atoms with E-state index in [9.17, 15) is 9.59 Å². The Labute approximate surface area is 107 Å². The second-order valence-corrected chi connectivity index (χ2v) is 4.81. The molecule has 0 bridgehead atoms. The highest BCUT2D eigenvalue weighted by Crippen LogP contribution is 2.21. The number of nitrogens with one attached hydrogen (secondary N) is 1. The molecule has 1 aromatic rings. The Morgan fingerprint density at radius 2 is 2.28 bits per heavy atom. The lowest BCUT2D eigenvalue weighted by Gasteiger charge is -2.13. The minimum Gasteiger partial charge on any atom is -0.329 e. The van der Waals surface area contributed by atoms with Crippen molar-refractivity contribution in [2.24, 2.45) is 0 Å². The van der Waals surface area contributed by atoms with Gasteiger partial charge in [-0.2, -0.15) is 0 Å². The summed E-state index contributed by atoms with van der Waals surface area (Å²) in [6.07, 6.45) is 0.425. The van der Waals surface area contributed by atoms with Gasteiger partial charge in [-0.15, -0.1) is 0 Å². The lowest BCUT2D eigenvalue weighted by Crippen LogP contribution is -2.29. The van der Waals surface area contributed by atoms with E-state index in [2.05, 4.69) is 11.4 Å². The van der Waals surface area contributed by atoms with E-state index in [-0.39, 0.29) is 17.9 Å². The summed E-state index contributed by atoms with van der Waals surface area (Å²) in [6, 6.07) is 8.08. The predicted octanol–water partition coefficient (Wildman–Crippen LogP) is 2.04. The first-order valence-electron chi connectivity index (χ1n) is 6.17. The van der Waals surface area contributed by atoms with Crippen LogP contribution in [0.3, 0.4) is 0 Å². The highest BCUT2D eigenvalue weighted by atomic mass is 16.2. The van der Waals surface area contributed by atoms with Gasteiger partial charge in [0.15, 0.2) is 0 Å². The van der Waals surface area contributed by atoms with E-state index in [0.717, 1.165) is 5.56 Å². The molecule has 0 radical (unpaired) electrons. The normalized spacial score (nSPS) is 18.9. The van der Waals surface area contributed by atoms with E-state index in [1.54, 1.807) is 11.8 Å². The minimum atomic E-state index is -0.0808. The van der Waals surface area contributed by atoms with Crippen LogP contribution in [0.1, 0.15) is 30.5 Å². The van der Waals surface area contributed by atoms with Crippen LogP contribution in [0, 0.1) is 6.92 Å². The number of benzene rings is 1. The molecule has 96 valence electrons. The maximum absolute atomic E-state index is 11.8. The number of aryl methyl sites for hydroxylation is 1. The zero-order chi connectivity index (χ0) is 13.1. The number of carbonyl (C=O) groups is 2. The first-order chi connectivity index (χ1) is 8.56. The van der Waals surface area contributed by atoms with Crippen molar-refractivity contribution in [3.63, 3.8) is 0 Å². The summed E-state index contributed by atoms with van der Waals surface area (Å²) >= 11 is 0. The fourth-order valence-electron chi connectivity index (χ4n) is 2.15. The Hall–Kier alpha value is -1.84. The number of carbonyl (C=O) groups excluding carboxylic acids is 2. The van der Waals surface area contributed by atoms with Crippen molar-refractivity contribution in [3.8, 4) is 0 Å². The highest BCUT2D eigenvalue weighted by Gasteiger charge is 2.29. The highest BCUT2D eigenvalue weighted by molar-refractivity contribution is 5.79. The van der Waals surface area contributed by atoms with Crippen LogP contribution in [0.15, 0.2) is 24.3 Å². The van der Waals surface area contributed by atoms with E-state index in [0.29, 0.717) is 19.5 Å². The lowest BCUT2D eigenvalue weighted by molar-refractivity contribution is -0.117. The Balaban J connectivity index is 2.02. The van der Waals surface area contributed by atoms with Gasteiger partial charge >= 0.3 is 6.03 Å². The molecule has 2 rings (SSSR count).